The van der Waals surface area contributed by atoms with Crippen LogP contribution >= 0.6 is 0 Å². The van der Waals surface area contributed by atoms with Crippen molar-refractivity contribution < 1.29 is 14.3 Å². The maximum atomic E-state index is 13.8. The number of Topliss-reactive ketones (excluding diaryl/α,β-unsaturated/α-hetero) is 1. The van der Waals surface area contributed by atoms with Gasteiger partial charge in [-0.2, -0.15) is 0 Å². The molecular formula is C30H29NO3. The second-order valence-corrected chi connectivity index (χ2v) is 9.35. The Bertz CT molecular complexity index is 1290. The Balaban J connectivity index is 1.68. The molecule has 4 heteroatoms. The summed E-state index contributed by atoms with van der Waals surface area (Å²) in [5.41, 5.74) is 6.71. The van der Waals surface area contributed by atoms with Gasteiger partial charge in [0.15, 0.2) is 5.78 Å². The number of allylic oxidation sites excluding steroid dienone is 2. The van der Waals surface area contributed by atoms with Gasteiger partial charge in [0.05, 0.1) is 12.8 Å². The van der Waals surface area contributed by atoms with Crippen LogP contribution in [0.3, 0.4) is 0 Å². The van der Waals surface area contributed by atoms with E-state index in [-0.39, 0.29) is 29.9 Å². The molecule has 0 N–H and O–H groups in total. The number of methoxy groups -OCH3 is 1. The molecule has 1 amide bonds. The average Bonchev–Trinajstić information content (AvgIpc) is 2.85. The van der Waals surface area contributed by atoms with E-state index in [1.807, 2.05) is 67.3 Å². The van der Waals surface area contributed by atoms with Crippen molar-refractivity contribution in [2.45, 2.75) is 44.9 Å². The highest BCUT2D eigenvalue weighted by atomic mass is 16.5. The number of ketones is 1. The van der Waals surface area contributed by atoms with Gasteiger partial charge in [-0.3, -0.25) is 14.5 Å². The second kappa shape index (κ2) is 8.94. The van der Waals surface area contributed by atoms with Gasteiger partial charge in [0.1, 0.15) is 5.75 Å². The zero-order chi connectivity index (χ0) is 23.8. The number of rotatable bonds is 4. The van der Waals surface area contributed by atoms with Gasteiger partial charge in [0.25, 0.3) is 0 Å². The van der Waals surface area contributed by atoms with Crippen LogP contribution in [-0.4, -0.2) is 18.8 Å². The number of benzene rings is 3. The van der Waals surface area contributed by atoms with Crippen LogP contribution in [0.1, 0.15) is 53.4 Å². The number of hydrogen-bond acceptors (Lipinski definition) is 3. The summed E-state index contributed by atoms with van der Waals surface area (Å²) in [4.78, 5) is 29.3. The van der Waals surface area contributed by atoms with Gasteiger partial charge < -0.3 is 4.74 Å². The fourth-order valence-electron chi connectivity index (χ4n) is 5.38. The van der Waals surface area contributed by atoms with Crippen molar-refractivity contribution >= 4 is 17.4 Å². The zero-order valence-electron chi connectivity index (χ0n) is 19.9. The number of carbonyl (C=O) groups excluding carboxylic acids is 2. The van der Waals surface area contributed by atoms with Gasteiger partial charge in [-0.05, 0) is 66.6 Å². The molecule has 0 saturated heterocycles. The molecular weight excluding hydrogens is 422 g/mol. The van der Waals surface area contributed by atoms with Crippen LogP contribution in [0.5, 0.6) is 5.75 Å². The quantitative estimate of drug-likeness (QED) is 0.472. The number of nitrogens with zero attached hydrogens (tertiary/aromatic N) is 1. The Morgan fingerprint density at radius 1 is 0.824 bits per heavy atom. The van der Waals surface area contributed by atoms with Gasteiger partial charge >= 0.3 is 0 Å². The van der Waals surface area contributed by atoms with Crippen molar-refractivity contribution in [1.82, 2.24) is 0 Å². The van der Waals surface area contributed by atoms with Crippen LogP contribution < -0.4 is 9.64 Å². The Morgan fingerprint density at radius 3 is 2.35 bits per heavy atom. The van der Waals surface area contributed by atoms with E-state index in [1.165, 1.54) is 0 Å². The molecule has 2 aliphatic rings. The number of ether oxygens (including phenoxy) is 1. The van der Waals surface area contributed by atoms with E-state index in [1.54, 1.807) is 7.11 Å². The third-order valence-corrected chi connectivity index (χ3v) is 7.10. The summed E-state index contributed by atoms with van der Waals surface area (Å²) in [5, 5.41) is 0. The lowest BCUT2D eigenvalue weighted by Gasteiger charge is -2.41. The molecule has 2 atom stereocenters. The van der Waals surface area contributed by atoms with Crippen LogP contribution in [0, 0.1) is 13.8 Å². The lowest BCUT2D eigenvalue weighted by Crippen LogP contribution is -2.42. The monoisotopic (exact) mass is 451 g/mol. The van der Waals surface area contributed by atoms with Gasteiger partial charge in [-0.15, -0.1) is 0 Å². The molecule has 0 saturated carbocycles. The average molecular weight is 452 g/mol. The zero-order valence-corrected chi connectivity index (χ0v) is 19.9. The molecule has 2 unspecified atom stereocenters. The van der Waals surface area contributed by atoms with Gasteiger partial charge in [-0.1, -0.05) is 54.6 Å². The molecule has 0 spiro atoms. The minimum absolute atomic E-state index is 0.0294. The van der Waals surface area contributed by atoms with Gasteiger partial charge in [0, 0.05) is 30.0 Å². The summed E-state index contributed by atoms with van der Waals surface area (Å²) in [6.45, 7) is 4.06. The standard InChI is InChI=1S/C30H29NO3/c1-19-12-13-20(2)26(14-19)31-27-16-23(21-8-5-4-6-9-21)17-28(32)30(27)25(18-29(31)33)22-10-7-11-24(15-22)34-3/h4-15,23,25H,16-18H2,1-3H3. The molecule has 3 aromatic rings. The first kappa shape index (κ1) is 22.1. The lowest BCUT2D eigenvalue weighted by atomic mass is 9.72. The first-order valence-corrected chi connectivity index (χ1v) is 11.8. The summed E-state index contributed by atoms with van der Waals surface area (Å²) >= 11 is 0. The summed E-state index contributed by atoms with van der Waals surface area (Å²) in [6.07, 6.45) is 1.38. The minimum Gasteiger partial charge on any atom is -0.497 e. The number of anilines is 1. The highest BCUT2D eigenvalue weighted by Crippen LogP contribution is 2.47. The third-order valence-electron chi connectivity index (χ3n) is 7.10. The SMILES string of the molecule is COc1cccc(C2CC(=O)N(c3cc(C)ccc3C)C3=C2C(=O)CC(c2ccccc2)C3)c1. The molecule has 3 aromatic carbocycles. The van der Waals surface area contributed by atoms with Crippen LogP contribution in [0.2, 0.25) is 0 Å². The molecule has 4 nitrogen and oxygen atoms in total. The summed E-state index contributed by atoms with van der Waals surface area (Å²) in [7, 11) is 1.63. The second-order valence-electron chi connectivity index (χ2n) is 9.35. The van der Waals surface area contributed by atoms with E-state index in [9.17, 15) is 9.59 Å². The van der Waals surface area contributed by atoms with Crippen LogP contribution in [0.4, 0.5) is 5.69 Å². The summed E-state index contributed by atoms with van der Waals surface area (Å²) < 4.78 is 5.43. The van der Waals surface area contributed by atoms with Crippen molar-refractivity contribution in [3.8, 4) is 5.75 Å². The Labute approximate surface area is 200 Å². The first-order chi connectivity index (χ1) is 16.5. The lowest BCUT2D eigenvalue weighted by molar-refractivity contribution is -0.120. The number of amides is 1. The van der Waals surface area contributed by atoms with Crippen molar-refractivity contribution in [2.75, 3.05) is 12.0 Å². The number of aryl methyl sites for hydroxylation is 2. The predicted octanol–water partition coefficient (Wildman–Crippen LogP) is 6.23. The molecule has 172 valence electrons. The smallest absolute Gasteiger partial charge is 0.232 e. The van der Waals surface area contributed by atoms with E-state index in [2.05, 4.69) is 24.3 Å². The number of hydrogen-bond donors (Lipinski definition) is 0. The number of carbonyl (C=O) groups is 2. The Kier molecular flexibility index (Phi) is 5.82. The van der Waals surface area contributed by atoms with Crippen molar-refractivity contribution in [2.24, 2.45) is 0 Å². The van der Waals surface area contributed by atoms with E-state index in [4.69, 9.17) is 4.74 Å². The van der Waals surface area contributed by atoms with Crippen molar-refractivity contribution in [1.29, 1.82) is 0 Å². The van der Waals surface area contributed by atoms with E-state index in [0.29, 0.717) is 12.8 Å². The molecule has 0 bridgehead atoms. The largest absolute Gasteiger partial charge is 0.497 e. The Hall–Kier alpha value is -3.66. The molecule has 1 aliphatic heterocycles. The highest BCUT2D eigenvalue weighted by molar-refractivity contribution is 6.08. The molecule has 0 fully saturated rings. The third kappa shape index (κ3) is 3.94. The molecule has 0 radical (unpaired) electrons. The van der Waals surface area contributed by atoms with E-state index < -0.39 is 0 Å². The molecule has 5 rings (SSSR count). The molecule has 34 heavy (non-hydrogen) atoms. The van der Waals surface area contributed by atoms with Crippen LogP contribution in [0.15, 0.2) is 84.1 Å². The molecule has 1 aliphatic carbocycles. The van der Waals surface area contributed by atoms with Gasteiger partial charge in [0.2, 0.25) is 5.91 Å². The van der Waals surface area contributed by atoms with Crippen molar-refractivity contribution in [3.63, 3.8) is 0 Å². The van der Waals surface area contributed by atoms with Crippen LogP contribution in [-0.2, 0) is 9.59 Å². The Morgan fingerprint density at radius 2 is 1.59 bits per heavy atom. The molecule has 0 aromatic heterocycles. The minimum atomic E-state index is -0.261. The van der Waals surface area contributed by atoms with Gasteiger partial charge in [-0.25, -0.2) is 0 Å². The maximum absolute atomic E-state index is 13.8. The fraction of sp³-hybridized carbons (Fsp3) is 0.267. The van der Waals surface area contributed by atoms with E-state index >= 15 is 0 Å². The molecule has 1 heterocycles. The predicted molar refractivity (Wildman–Crippen MR) is 134 cm³/mol. The normalized spacial score (nSPS) is 20.4. The fourth-order valence-corrected chi connectivity index (χ4v) is 5.38. The highest BCUT2D eigenvalue weighted by Gasteiger charge is 2.42. The first-order valence-electron chi connectivity index (χ1n) is 11.8. The van der Waals surface area contributed by atoms with E-state index in [0.717, 1.165) is 45.0 Å². The summed E-state index contributed by atoms with van der Waals surface area (Å²) in [6, 6.07) is 24.1. The summed E-state index contributed by atoms with van der Waals surface area (Å²) in [5.74, 6) is 0.683. The maximum Gasteiger partial charge on any atom is 0.232 e. The topological polar surface area (TPSA) is 46.6 Å². The van der Waals surface area contributed by atoms with Crippen LogP contribution in [0.25, 0.3) is 0 Å². The van der Waals surface area contributed by atoms with Crippen molar-refractivity contribution in [3.05, 3.63) is 106 Å².